The van der Waals surface area contributed by atoms with Crippen LogP contribution < -0.4 is 5.32 Å². The van der Waals surface area contributed by atoms with Crippen molar-refractivity contribution in [2.45, 2.75) is 25.3 Å². The molecule has 128 valence electrons. The molecule has 1 aromatic carbocycles. The number of amides is 1. The van der Waals surface area contributed by atoms with E-state index in [-0.39, 0.29) is 18.6 Å². The van der Waals surface area contributed by atoms with Gasteiger partial charge in [-0.1, -0.05) is 24.6 Å². The zero-order valence-electron chi connectivity index (χ0n) is 13.7. The fourth-order valence-electron chi connectivity index (χ4n) is 3.27. The minimum absolute atomic E-state index is 0.0976. The molecule has 0 saturated carbocycles. The molecule has 3 rings (SSSR count). The number of aromatic nitrogens is 2. The Morgan fingerprint density at radius 3 is 3.04 bits per heavy atom. The predicted octanol–water partition coefficient (Wildman–Crippen LogP) is 1.65. The number of likely N-dealkylation sites (tertiary alicyclic amines) is 1. The van der Waals surface area contributed by atoms with Crippen molar-refractivity contribution in [3.63, 3.8) is 0 Å². The number of nitrogens with zero attached hydrogens (tertiary/aromatic N) is 2. The lowest BCUT2D eigenvalue weighted by molar-refractivity contribution is 0.0849. The van der Waals surface area contributed by atoms with E-state index in [9.17, 15) is 9.90 Å². The standard InChI is InChI=1S/C18H24N4O2/c23-13-14-5-3-4-11-22(14)12-10-21-18(24)16-7-2-1-6-15(16)17-19-8-9-20-17/h1-2,6-9,14,23H,3-5,10-13H2,(H,19,20)(H,21,24)/t14-/m1/s1. The average Bonchev–Trinajstić information content (AvgIpc) is 3.16. The number of rotatable bonds is 6. The van der Waals surface area contributed by atoms with Crippen molar-refractivity contribution in [1.82, 2.24) is 20.2 Å². The molecular formula is C18H24N4O2. The average molecular weight is 328 g/mol. The van der Waals surface area contributed by atoms with E-state index in [4.69, 9.17) is 0 Å². The quantitative estimate of drug-likeness (QED) is 0.753. The number of nitrogens with one attached hydrogen (secondary N) is 2. The second-order valence-corrected chi connectivity index (χ2v) is 6.11. The van der Waals surface area contributed by atoms with E-state index in [1.807, 2.05) is 24.3 Å². The summed E-state index contributed by atoms with van der Waals surface area (Å²) in [4.78, 5) is 22.1. The van der Waals surface area contributed by atoms with E-state index in [1.54, 1.807) is 12.4 Å². The van der Waals surface area contributed by atoms with Crippen LogP contribution in [0.1, 0.15) is 29.6 Å². The van der Waals surface area contributed by atoms with Crippen LogP contribution in [0, 0.1) is 0 Å². The van der Waals surface area contributed by atoms with Gasteiger partial charge in [-0.05, 0) is 25.5 Å². The number of aliphatic hydroxyl groups excluding tert-OH is 1. The summed E-state index contributed by atoms with van der Waals surface area (Å²) in [6.45, 7) is 2.51. The first kappa shape index (κ1) is 16.7. The number of imidazole rings is 1. The Hall–Kier alpha value is -2.18. The van der Waals surface area contributed by atoms with Gasteiger partial charge in [-0.25, -0.2) is 4.98 Å². The van der Waals surface area contributed by atoms with E-state index in [2.05, 4.69) is 20.2 Å². The van der Waals surface area contributed by atoms with Gasteiger partial charge in [-0.2, -0.15) is 0 Å². The van der Waals surface area contributed by atoms with Gasteiger partial charge in [0.05, 0.1) is 12.2 Å². The molecule has 1 aliphatic rings. The molecular weight excluding hydrogens is 304 g/mol. The molecule has 0 bridgehead atoms. The molecule has 2 heterocycles. The molecule has 1 aromatic heterocycles. The van der Waals surface area contributed by atoms with E-state index in [0.29, 0.717) is 17.9 Å². The molecule has 0 radical (unpaired) electrons. The van der Waals surface area contributed by atoms with Crippen molar-refractivity contribution in [1.29, 1.82) is 0 Å². The molecule has 0 aliphatic carbocycles. The third kappa shape index (κ3) is 3.83. The number of aromatic amines is 1. The van der Waals surface area contributed by atoms with Crippen molar-refractivity contribution in [3.8, 4) is 11.4 Å². The number of benzene rings is 1. The molecule has 1 fully saturated rings. The van der Waals surface area contributed by atoms with Crippen LogP contribution in [0.25, 0.3) is 11.4 Å². The maximum absolute atomic E-state index is 12.5. The first-order chi connectivity index (χ1) is 11.8. The van der Waals surface area contributed by atoms with Gasteiger partial charge in [0.15, 0.2) is 0 Å². The zero-order valence-corrected chi connectivity index (χ0v) is 13.7. The highest BCUT2D eigenvalue weighted by Gasteiger charge is 2.21. The predicted molar refractivity (Wildman–Crippen MR) is 92.7 cm³/mol. The fraction of sp³-hybridized carbons (Fsp3) is 0.444. The first-order valence-corrected chi connectivity index (χ1v) is 8.51. The largest absolute Gasteiger partial charge is 0.395 e. The fourth-order valence-corrected chi connectivity index (χ4v) is 3.27. The maximum atomic E-state index is 12.5. The van der Waals surface area contributed by atoms with E-state index in [0.717, 1.165) is 31.5 Å². The molecule has 6 heteroatoms. The molecule has 6 nitrogen and oxygen atoms in total. The summed E-state index contributed by atoms with van der Waals surface area (Å²) < 4.78 is 0. The molecule has 24 heavy (non-hydrogen) atoms. The number of hydrogen-bond acceptors (Lipinski definition) is 4. The van der Waals surface area contributed by atoms with E-state index in [1.165, 1.54) is 6.42 Å². The molecule has 1 aliphatic heterocycles. The first-order valence-electron chi connectivity index (χ1n) is 8.51. The number of carbonyl (C=O) groups excluding carboxylic acids is 1. The summed E-state index contributed by atoms with van der Waals surface area (Å²) in [6, 6.07) is 7.68. The maximum Gasteiger partial charge on any atom is 0.252 e. The van der Waals surface area contributed by atoms with E-state index >= 15 is 0 Å². The van der Waals surface area contributed by atoms with Crippen LogP contribution >= 0.6 is 0 Å². The van der Waals surface area contributed by atoms with Gasteiger partial charge in [0.25, 0.3) is 5.91 Å². The summed E-state index contributed by atoms with van der Waals surface area (Å²) in [5, 5.41) is 12.4. The number of hydrogen-bond donors (Lipinski definition) is 3. The highest BCUT2D eigenvalue weighted by molar-refractivity contribution is 6.00. The Labute approximate surface area is 141 Å². The second kappa shape index (κ2) is 8.08. The summed E-state index contributed by atoms with van der Waals surface area (Å²) in [5.41, 5.74) is 1.41. The van der Waals surface area contributed by atoms with Crippen LogP contribution in [-0.2, 0) is 0 Å². The number of piperidine rings is 1. The lowest BCUT2D eigenvalue weighted by Gasteiger charge is -2.34. The van der Waals surface area contributed by atoms with Crippen molar-refractivity contribution >= 4 is 5.91 Å². The third-order valence-corrected chi connectivity index (χ3v) is 4.57. The summed E-state index contributed by atoms with van der Waals surface area (Å²) in [5.74, 6) is 0.594. The summed E-state index contributed by atoms with van der Waals surface area (Å²) in [7, 11) is 0. The highest BCUT2D eigenvalue weighted by atomic mass is 16.3. The minimum Gasteiger partial charge on any atom is -0.395 e. The smallest absolute Gasteiger partial charge is 0.252 e. The van der Waals surface area contributed by atoms with Crippen molar-refractivity contribution in [2.24, 2.45) is 0 Å². The molecule has 1 atom stereocenters. The molecule has 3 N–H and O–H groups in total. The monoisotopic (exact) mass is 328 g/mol. The Morgan fingerprint density at radius 1 is 1.38 bits per heavy atom. The Balaban J connectivity index is 1.60. The van der Waals surface area contributed by atoms with Gasteiger partial charge < -0.3 is 15.4 Å². The van der Waals surface area contributed by atoms with Crippen molar-refractivity contribution in [3.05, 3.63) is 42.2 Å². The van der Waals surface area contributed by atoms with Crippen molar-refractivity contribution in [2.75, 3.05) is 26.2 Å². The van der Waals surface area contributed by atoms with Crippen LogP contribution in [0.5, 0.6) is 0 Å². The Kier molecular flexibility index (Phi) is 5.61. The van der Waals surface area contributed by atoms with Crippen molar-refractivity contribution < 1.29 is 9.90 Å². The lowest BCUT2D eigenvalue weighted by atomic mass is 10.0. The molecule has 1 saturated heterocycles. The molecule has 1 amide bonds. The Bertz CT molecular complexity index is 657. The van der Waals surface area contributed by atoms with Crippen LogP contribution in [0.2, 0.25) is 0 Å². The van der Waals surface area contributed by atoms with Gasteiger partial charge in [0.1, 0.15) is 5.82 Å². The van der Waals surface area contributed by atoms with Gasteiger partial charge in [-0.3, -0.25) is 9.69 Å². The summed E-state index contributed by atoms with van der Waals surface area (Å²) >= 11 is 0. The number of aliphatic hydroxyl groups is 1. The van der Waals surface area contributed by atoms with Crippen LogP contribution in [0.3, 0.4) is 0 Å². The molecule has 0 unspecified atom stereocenters. The minimum atomic E-state index is -0.0976. The molecule has 0 spiro atoms. The zero-order chi connectivity index (χ0) is 16.8. The van der Waals surface area contributed by atoms with Crippen LogP contribution in [-0.4, -0.2) is 58.2 Å². The van der Waals surface area contributed by atoms with Gasteiger partial charge in [0, 0.05) is 37.1 Å². The topological polar surface area (TPSA) is 81.2 Å². The van der Waals surface area contributed by atoms with E-state index < -0.39 is 0 Å². The van der Waals surface area contributed by atoms with Gasteiger partial charge in [-0.15, -0.1) is 0 Å². The molecule has 2 aromatic rings. The van der Waals surface area contributed by atoms with Crippen LogP contribution in [0.4, 0.5) is 0 Å². The second-order valence-electron chi connectivity index (χ2n) is 6.11. The van der Waals surface area contributed by atoms with Gasteiger partial charge >= 0.3 is 0 Å². The third-order valence-electron chi connectivity index (χ3n) is 4.57. The lowest BCUT2D eigenvalue weighted by Crippen LogP contribution is -2.45. The Morgan fingerprint density at radius 2 is 2.25 bits per heavy atom. The van der Waals surface area contributed by atoms with Crippen LogP contribution in [0.15, 0.2) is 36.7 Å². The normalized spacial score (nSPS) is 18.5. The summed E-state index contributed by atoms with van der Waals surface area (Å²) in [6.07, 6.45) is 6.78. The SMILES string of the molecule is O=C(NCCN1CCCC[C@@H]1CO)c1ccccc1-c1ncc[nH]1. The number of carbonyl (C=O) groups is 1. The van der Waals surface area contributed by atoms with Gasteiger partial charge in [0.2, 0.25) is 0 Å². The highest BCUT2D eigenvalue weighted by Crippen LogP contribution is 2.20. The number of H-pyrrole nitrogens is 1.